The average molecular weight is 249 g/mol. The van der Waals surface area contributed by atoms with Gasteiger partial charge in [-0.05, 0) is 37.8 Å². The van der Waals surface area contributed by atoms with Crippen LogP contribution in [0, 0.1) is 18.3 Å². The summed E-state index contributed by atoms with van der Waals surface area (Å²) in [5.74, 6) is 2.05. The van der Waals surface area contributed by atoms with Crippen LogP contribution in [0.5, 0.6) is 0 Å². The van der Waals surface area contributed by atoms with E-state index in [1.165, 1.54) is 25.7 Å². The van der Waals surface area contributed by atoms with Gasteiger partial charge in [-0.25, -0.2) is 4.98 Å². The van der Waals surface area contributed by atoms with Gasteiger partial charge in [0, 0.05) is 17.0 Å². The van der Waals surface area contributed by atoms with Crippen molar-refractivity contribution < 1.29 is 0 Å². The predicted molar refractivity (Wildman–Crippen MR) is 72.7 cm³/mol. The van der Waals surface area contributed by atoms with Crippen LogP contribution in [0.3, 0.4) is 0 Å². The van der Waals surface area contributed by atoms with Gasteiger partial charge in [0.2, 0.25) is 0 Å². The number of nitrogen functional groups attached to an aromatic ring is 1. The number of thioether (sulfide) groups is 1. The lowest BCUT2D eigenvalue weighted by Gasteiger charge is -2.11. The van der Waals surface area contributed by atoms with Crippen molar-refractivity contribution in [2.75, 3.05) is 5.75 Å². The van der Waals surface area contributed by atoms with Crippen LogP contribution >= 0.6 is 11.8 Å². The Kier molecular flexibility index (Phi) is 4.05. The second-order valence-corrected chi connectivity index (χ2v) is 5.69. The van der Waals surface area contributed by atoms with Crippen LogP contribution in [0.2, 0.25) is 0 Å². The maximum Gasteiger partial charge on any atom is 0.125 e. The molecule has 3 nitrogen and oxygen atoms in total. The molecule has 0 radical (unpaired) electrons. The van der Waals surface area contributed by atoms with E-state index in [0.29, 0.717) is 0 Å². The van der Waals surface area contributed by atoms with Crippen LogP contribution in [-0.2, 0) is 0 Å². The molecular weight excluding hydrogens is 230 g/mol. The van der Waals surface area contributed by atoms with E-state index in [1.807, 2.05) is 19.1 Å². The molecular formula is C13H19N3S. The zero-order chi connectivity index (χ0) is 12.3. The van der Waals surface area contributed by atoms with Gasteiger partial charge in [-0.15, -0.1) is 11.8 Å². The minimum atomic E-state index is 0.117. The zero-order valence-electron chi connectivity index (χ0n) is 10.2. The number of hydrogen-bond acceptors (Lipinski definition) is 3. The molecule has 0 atom stereocenters. The summed E-state index contributed by atoms with van der Waals surface area (Å²) in [6.45, 7) is 1.98. The fraction of sp³-hybridized carbons (Fsp3) is 0.538. The number of pyridine rings is 1. The highest BCUT2D eigenvalue weighted by Gasteiger charge is 2.17. The minimum absolute atomic E-state index is 0.117. The Balaban J connectivity index is 2.07. The number of aromatic nitrogens is 1. The van der Waals surface area contributed by atoms with Crippen molar-refractivity contribution >= 4 is 17.6 Å². The number of nitrogens with zero attached hydrogens (tertiary/aromatic N) is 1. The Hall–Kier alpha value is -1.03. The summed E-state index contributed by atoms with van der Waals surface area (Å²) >= 11 is 1.75. The first-order valence-electron chi connectivity index (χ1n) is 6.11. The van der Waals surface area contributed by atoms with Gasteiger partial charge in [0.15, 0.2) is 0 Å². The Labute approximate surface area is 107 Å². The zero-order valence-corrected chi connectivity index (χ0v) is 11.0. The van der Waals surface area contributed by atoms with Crippen molar-refractivity contribution in [1.29, 1.82) is 5.41 Å². The summed E-state index contributed by atoms with van der Waals surface area (Å²) in [5, 5.41) is 8.48. The molecule has 92 valence electrons. The molecule has 1 saturated carbocycles. The molecule has 0 amide bonds. The quantitative estimate of drug-likeness (QED) is 0.490. The highest BCUT2D eigenvalue weighted by molar-refractivity contribution is 7.99. The first-order valence-corrected chi connectivity index (χ1v) is 7.10. The molecule has 1 aliphatic carbocycles. The second kappa shape index (κ2) is 5.54. The third-order valence-corrected chi connectivity index (χ3v) is 4.44. The molecule has 0 aliphatic heterocycles. The van der Waals surface area contributed by atoms with Gasteiger partial charge in [-0.3, -0.25) is 5.41 Å². The minimum Gasteiger partial charge on any atom is -0.384 e. The maximum atomic E-state index is 7.56. The smallest absolute Gasteiger partial charge is 0.125 e. The third kappa shape index (κ3) is 3.22. The topological polar surface area (TPSA) is 62.8 Å². The number of aryl methyl sites for hydroxylation is 1. The summed E-state index contributed by atoms with van der Waals surface area (Å²) in [4.78, 5) is 4.50. The molecule has 1 aromatic rings. The molecule has 0 saturated heterocycles. The van der Waals surface area contributed by atoms with E-state index in [2.05, 4.69) is 4.98 Å². The number of nitrogens with one attached hydrogen (secondary N) is 1. The summed E-state index contributed by atoms with van der Waals surface area (Å²) in [6.07, 6.45) is 5.42. The SMILES string of the molecule is Cc1ccc(C(=N)N)c(SCC2CCCC2)n1. The van der Waals surface area contributed by atoms with E-state index in [1.54, 1.807) is 11.8 Å². The fourth-order valence-corrected chi connectivity index (χ4v) is 3.49. The molecule has 0 unspecified atom stereocenters. The van der Waals surface area contributed by atoms with Crippen LogP contribution in [-0.4, -0.2) is 16.6 Å². The van der Waals surface area contributed by atoms with Crippen LogP contribution in [0.4, 0.5) is 0 Å². The van der Waals surface area contributed by atoms with Gasteiger partial charge in [0.25, 0.3) is 0 Å². The van der Waals surface area contributed by atoms with Gasteiger partial charge < -0.3 is 5.73 Å². The van der Waals surface area contributed by atoms with Crippen molar-refractivity contribution in [2.24, 2.45) is 11.7 Å². The molecule has 1 heterocycles. The van der Waals surface area contributed by atoms with Crippen LogP contribution in [0.25, 0.3) is 0 Å². The van der Waals surface area contributed by atoms with Gasteiger partial charge in [0.1, 0.15) is 10.9 Å². The van der Waals surface area contributed by atoms with E-state index in [-0.39, 0.29) is 5.84 Å². The van der Waals surface area contributed by atoms with E-state index in [4.69, 9.17) is 11.1 Å². The van der Waals surface area contributed by atoms with E-state index >= 15 is 0 Å². The van der Waals surface area contributed by atoms with Crippen molar-refractivity contribution in [3.05, 3.63) is 23.4 Å². The molecule has 0 spiro atoms. The van der Waals surface area contributed by atoms with E-state index < -0.39 is 0 Å². The Morgan fingerprint density at radius 2 is 2.18 bits per heavy atom. The summed E-state index contributed by atoms with van der Waals surface area (Å²) in [7, 11) is 0. The largest absolute Gasteiger partial charge is 0.384 e. The monoisotopic (exact) mass is 249 g/mol. The number of rotatable bonds is 4. The normalized spacial score (nSPS) is 16.3. The molecule has 1 aromatic heterocycles. The van der Waals surface area contributed by atoms with Crippen molar-refractivity contribution in [3.8, 4) is 0 Å². The molecule has 1 aliphatic rings. The molecule has 0 bridgehead atoms. The predicted octanol–water partition coefficient (Wildman–Crippen LogP) is 2.96. The summed E-state index contributed by atoms with van der Waals surface area (Å²) < 4.78 is 0. The number of nitrogens with two attached hydrogens (primary N) is 1. The first kappa shape index (κ1) is 12.4. The number of hydrogen-bond donors (Lipinski definition) is 2. The lowest BCUT2D eigenvalue weighted by molar-refractivity contribution is 0.623. The molecule has 17 heavy (non-hydrogen) atoms. The standard InChI is InChI=1S/C13H19N3S/c1-9-6-7-11(12(14)15)13(16-9)17-8-10-4-2-3-5-10/h6-7,10H,2-5,8H2,1H3,(H3,14,15). The van der Waals surface area contributed by atoms with Gasteiger partial charge in [-0.1, -0.05) is 12.8 Å². The van der Waals surface area contributed by atoms with Crippen LogP contribution in [0.15, 0.2) is 17.2 Å². The highest BCUT2D eigenvalue weighted by Crippen LogP contribution is 2.31. The molecule has 4 heteroatoms. The van der Waals surface area contributed by atoms with Gasteiger partial charge >= 0.3 is 0 Å². The van der Waals surface area contributed by atoms with Crippen LogP contribution < -0.4 is 5.73 Å². The molecule has 3 N–H and O–H groups in total. The first-order chi connectivity index (χ1) is 8.16. The Morgan fingerprint density at radius 3 is 2.82 bits per heavy atom. The average Bonchev–Trinajstić information content (AvgIpc) is 2.78. The number of amidine groups is 1. The highest BCUT2D eigenvalue weighted by atomic mass is 32.2. The van der Waals surface area contributed by atoms with Crippen molar-refractivity contribution in [3.63, 3.8) is 0 Å². The summed E-state index contributed by atoms with van der Waals surface area (Å²) in [6, 6.07) is 3.82. The van der Waals surface area contributed by atoms with E-state index in [9.17, 15) is 0 Å². The molecule has 0 aromatic carbocycles. The van der Waals surface area contributed by atoms with Gasteiger partial charge in [0.05, 0.1) is 0 Å². The lowest BCUT2D eigenvalue weighted by Crippen LogP contribution is -2.13. The Bertz CT molecular complexity index is 411. The van der Waals surface area contributed by atoms with Crippen molar-refractivity contribution in [1.82, 2.24) is 4.98 Å². The van der Waals surface area contributed by atoms with E-state index in [0.717, 1.165) is 28.0 Å². The summed E-state index contributed by atoms with van der Waals surface area (Å²) in [5.41, 5.74) is 7.34. The lowest BCUT2D eigenvalue weighted by atomic mass is 10.1. The second-order valence-electron chi connectivity index (χ2n) is 4.68. The maximum absolute atomic E-state index is 7.56. The van der Waals surface area contributed by atoms with Crippen molar-refractivity contribution in [2.45, 2.75) is 37.6 Å². The van der Waals surface area contributed by atoms with Gasteiger partial charge in [-0.2, -0.15) is 0 Å². The Morgan fingerprint density at radius 1 is 1.47 bits per heavy atom. The van der Waals surface area contributed by atoms with Crippen LogP contribution in [0.1, 0.15) is 36.9 Å². The fourth-order valence-electron chi connectivity index (χ4n) is 2.22. The third-order valence-electron chi connectivity index (χ3n) is 3.22. The molecule has 2 rings (SSSR count). The molecule has 1 fully saturated rings.